The van der Waals surface area contributed by atoms with Crippen LogP contribution in [-0.2, 0) is 11.2 Å². The summed E-state index contributed by atoms with van der Waals surface area (Å²) in [5.41, 5.74) is 6.08. The van der Waals surface area contributed by atoms with Gasteiger partial charge in [0.1, 0.15) is 0 Å². The lowest BCUT2D eigenvalue weighted by atomic mass is 10.3. The van der Waals surface area contributed by atoms with Crippen LogP contribution in [0.4, 0.5) is 5.13 Å². The van der Waals surface area contributed by atoms with Gasteiger partial charge in [0.15, 0.2) is 5.13 Å². The third-order valence-corrected chi connectivity index (χ3v) is 3.95. The molecule has 2 aromatic heterocycles. The van der Waals surface area contributed by atoms with Gasteiger partial charge >= 0.3 is 0 Å². The number of rotatable bonds is 4. The van der Waals surface area contributed by atoms with Gasteiger partial charge in [-0.25, -0.2) is 4.98 Å². The molecule has 6 heteroatoms. The maximum Gasteiger partial charge on any atom is 0.222 e. The Kier molecular flexibility index (Phi) is 3.21. The first-order chi connectivity index (χ1) is 7.69. The fraction of sp³-hybridized carbons (Fsp3) is 0.200. The monoisotopic (exact) mass is 253 g/mol. The lowest BCUT2D eigenvalue weighted by molar-refractivity contribution is -0.117. The van der Waals surface area contributed by atoms with Crippen molar-refractivity contribution in [1.29, 1.82) is 0 Å². The average molecular weight is 253 g/mol. The number of carbonyl (C=O) groups is 1. The highest BCUT2D eigenvalue weighted by molar-refractivity contribution is 7.17. The second-order valence-corrected chi connectivity index (χ2v) is 5.22. The van der Waals surface area contributed by atoms with E-state index in [1.165, 1.54) is 0 Å². The Morgan fingerprint density at radius 1 is 1.56 bits per heavy atom. The van der Waals surface area contributed by atoms with E-state index in [0.29, 0.717) is 6.42 Å². The van der Waals surface area contributed by atoms with Crippen molar-refractivity contribution in [3.8, 4) is 10.6 Å². The van der Waals surface area contributed by atoms with Gasteiger partial charge in [-0.15, -0.1) is 22.7 Å². The van der Waals surface area contributed by atoms with Crippen LogP contribution in [-0.4, -0.2) is 17.9 Å². The molecule has 1 amide bonds. The molecule has 0 bridgehead atoms. The predicted molar refractivity (Wildman–Crippen MR) is 67.9 cm³/mol. The highest BCUT2D eigenvalue weighted by Crippen LogP contribution is 2.30. The summed E-state index contributed by atoms with van der Waals surface area (Å²) in [6.07, 6.45) is 0.299. The normalized spacial score (nSPS) is 10.3. The number of thiazole rings is 1. The molecule has 2 rings (SSSR count). The molecule has 3 N–H and O–H groups in total. The minimum Gasteiger partial charge on any atom is -0.369 e. The van der Waals surface area contributed by atoms with Gasteiger partial charge in [-0.05, 0) is 12.1 Å². The number of nitrogens with two attached hydrogens (primary N) is 1. The Hall–Kier alpha value is -1.40. The summed E-state index contributed by atoms with van der Waals surface area (Å²) >= 11 is 3.11. The van der Waals surface area contributed by atoms with Crippen LogP contribution in [0.5, 0.6) is 0 Å². The Balaban J connectivity index is 2.20. The maximum absolute atomic E-state index is 10.8. The Morgan fingerprint density at radius 2 is 2.38 bits per heavy atom. The zero-order chi connectivity index (χ0) is 11.5. The molecule has 2 heterocycles. The molecular weight excluding hydrogens is 242 g/mol. The van der Waals surface area contributed by atoms with Gasteiger partial charge in [0.05, 0.1) is 17.0 Å². The molecule has 0 aliphatic carbocycles. The van der Waals surface area contributed by atoms with E-state index in [4.69, 9.17) is 5.73 Å². The van der Waals surface area contributed by atoms with Crippen molar-refractivity contribution in [3.05, 3.63) is 22.4 Å². The molecule has 0 spiro atoms. The highest BCUT2D eigenvalue weighted by atomic mass is 32.1. The van der Waals surface area contributed by atoms with Gasteiger partial charge in [0.2, 0.25) is 5.91 Å². The first-order valence-corrected chi connectivity index (χ1v) is 6.39. The zero-order valence-electron chi connectivity index (χ0n) is 8.69. The van der Waals surface area contributed by atoms with Crippen molar-refractivity contribution in [1.82, 2.24) is 4.98 Å². The van der Waals surface area contributed by atoms with E-state index in [1.54, 1.807) is 22.7 Å². The van der Waals surface area contributed by atoms with Crippen molar-refractivity contribution in [2.75, 3.05) is 12.4 Å². The van der Waals surface area contributed by atoms with Crippen LogP contribution in [0.25, 0.3) is 10.6 Å². The molecule has 0 aliphatic heterocycles. The number of hydrogen-bond donors (Lipinski definition) is 2. The lowest BCUT2D eigenvalue weighted by Gasteiger charge is -1.91. The number of nitrogens with one attached hydrogen (secondary N) is 1. The summed E-state index contributed by atoms with van der Waals surface area (Å²) in [7, 11) is 1.84. The van der Waals surface area contributed by atoms with Crippen molar-refractivity contribution < 1.29 is 4.79 Å². The molecule has 0 unspecified atom stereocenters. The van der Waals surface area contributed by atoms with Gasteiger partial charge in [-0.2, -0.15) is 0 Å². The number of primary amides is 1. The first-order valence-electron chi connectivity index (χ1n) is 4.69. The van der Waals surface area contributed by atoms with Gasteiger partial charge in [-0.1, -0.05) is 0 Å². The Bertz CT molecular complexity index is 504. The molecule has 0 aromatic carbocycles. The third-order valence-electron chi connectivity index (χ3n) is 1.98. The molecular formula is C10H11N3OS2. The number of thiophene rings is 1. The Morgan fingerprint density at radius 3 is 3.00 bits per heavy atom. The molecule has 16 heavy (non-hydrogen) atoms. The standard InChI is InChI=1S/C10H11N3OS2/c1-12-10-13-7(5-15-10)8-3-2-6(16-8)4-9(11)14/h2-3,5H,4H2,1H3,(H2,11,14)(H,12,13). The fourth-order valence-electron chi connectivity index (χ4n) is 1.28. The molecule has 0 radical (unpaired) electrons. The molecule has 4 nitrogen and oxygen atoms in total. The topological polar surface area (TPSA) is 68.0 Å². The van der Waals surface area contributed by atoms with Crippen LogP contribution in [0.1, 0.15) is 4.88 Å². The number of aromatic nitrogens is 1. The largest absolute Gasteiger partial charge is 0.369 e. The number of nitrogens with zero attached hydrogens (tertiary/aromatic N) is 1. The average Bonchev–Trinajstić information content (AvgIpc) is 2.83. The van der Waals surface area contributed by atoms with Gasteiger partial charge < -0.3 is 11.1 Å². The lowest BCUT2D eigenvalue weighted by Crippen LogP contribution is -2.12. The van der Waals surface area contributed by atoms with Crippen LogP contribution in [0, 0.1) is 0 Å². The Labute approximate surface area is 101 Å². The zero-order valence-corrected chi connectivity index (χ0v) is 10.3. The van der Waals surface area contributed by atoms with Gasteiger partial charge in [0, 0.05) is 17.3 Å². The van der Waals surface area contributed by atoms with Crippen LogP contribution in [0.2, 0.25) is 0 Å². The van der Waals surface area contributed by atoms with Crippen molar-refractivity contribution >= 4 is 33.7 Å². The second-order valence-electron chi connectivity index (χ2n) is 3.20. The van der Waals surface area contributed by atoms with Crippen molar-refractivity contribution in [2.45, 2.75) is 6.42 Å². The van der Waals surface area contributed by atoms with E-state index >= 15 is 0 Å². The summed E-state index contributed by atoms with van der Waals surface area (Å²) in [4.78, 5) is 17.2. The highest BCUT2D eigenvalue weighted by Gasteiger charge is 2.08. The van der Waals surface area contributed by atoms with Crippen LogP contribution < -0.4 is 11.1 Å². The number of amides is 1. The minimum atomic E-state index is -0.303. The summed E-state index contributed by atoms with van der Waals surface area (Å²) in [6.45, 7) is 0. The molecule has 0 aliphatic rings. The summed E-state index contributed by atoms with van der Waals surface area (Å²) < 4.78 is 0. The molecule has 0 fully saturated rings. The number of carbonyl (C=O) groups excluding carboxylic acids is 1. The second kappa shape index (κ2) is 4.63. The smallest absolute Gasteiger partial charge is 0.222 e. The molecule has 0 saturated carbocycles. The molecule has 2 aromatic rings. The van der Waals surface area contributed by atoms with Gasteiger partial charge in [0.25, 0.3) is 0 Å². The van der Waals surface area contributed by atoms with E-state index in [0.717, 1.165) is 20.6 Å². The summed E-state index contributed by atoms with van der Waals surface area (Å²) in [6, 6.07) is 3.89. The molecule has 84 valence electrons. The van der Waals surface area contributed by atoms with E-state index in [9.17, 15) is 4.79 Å². The maximum atomic E-state index is 10.8. The summed E-state index contributed by atoms with van der Waals surface area (Å²) in [5, 5.41) is 5.87. The van der Waals surface area contributed by atoms with E-state index in [1.807, 2.05) is 24.6 Å². The van der Waals surface area contributed by atoms with E-state index < -0.39 is 0 Å². The fourth-order valence-corrected chi connectivity index (χ4v) is 3.01. The van der Waals surface area contributed by atoms with Gasteiger partial charge in [-0.3, -0.25) is 4.79 Å². The molecule has 0 saturated heterocycles. The van der Waals surface area contributed by atoms with Crippen LogP contribution in [0.15, 0.2) is 17.5 Å². The third kappa shape index (κ3) is 2.40. The van der Waals surface area contributed by atoms with E-state index in [2.05, 4.69) is 10.3 Å². The van der Waals surface area contributed by atoms with Crippen LogP contribution in [0.3, 0.4) is 0 Å². The number of anilines is 1. The minimum absolute atomic E-state index is 0.299. The SMILES string of the molecule is CNc1nc(-c2ccc(CC(N)=O)s2)cs1. The first kappa shape index (κ1) is 11.1. The van der Waals surface area contributed by atoms with Crippen molar-refractivity contribution in [3.63, 3.8) is 0 Å². The number of hydrogen-bond acceptors (Lipinski definition) is 5. The van der Waals surface area contributed by atoms with Crippen LogP contribution >= 0.6 is 22.7 Å². The van der Waals surface area contributed by atoms with E-state index in [-0.39, 0.29) is 5.91 Å². The quantitative estimate of drug-likeness (QED) is 0.875. The summed E-state index contributed by atoms with van der Waals surface area (Å²) in [5.74, 6) is -0.303. The molecule has 0 atom stereocenters. The van der Waals surface area contributed by atoms with Crippen molar-refractivity contribution in [2.24, 2.45) is 5.73 Å². The predicted octanol–water partition coefficient (Wildman–Crippen LogP) is 1.94.